The molecule has 0 saturated carbocycles. The van der Waals surface area contributed by atoms with Crippen LogP contribution in [0.4, 0.5) is 0 Å². The summed E-state index contributed by atoms with van der Waals surface area (Å²) in [6.07, 6.45) is 6.80. The van der Waals surface area contributed by atoms with Gasteiger partial charge in [-0.15, -0.1) is 0 Å². The van der Waals surface area contributed by atoms with Crippen molar-refractivity contribution in [3.63, 3.8) is 0 Å². The fourth-order valence-electron chi connectivity index (χ4n) is 3.48. The summed E-state index contributed by atoms with van der Waals surface area (Å²) in [6, 6.07) is 20.5. The first-order chi connectivity index (χ1) is 13.3. The van der Waals surface area contributed by atoms with Crippen LogP contribution in [0.25, 0.3) is 27.8 Å². The van der Waals surface area contributed by atoms with E-state index in [-0.39, 0.29) is 5.56 Å². The van der Waals surface area contributed by atoms with Gasteiger partial charge in [0, 0.05) is 17.9 Å². The maximum atomic E-state index is 12.4. The standard InChI is InChI=1S/C22H16N4O/c27-22-14-24-19-9-10-23-13-21(19)26(22)15-16-4-3-5-17(12-16)20-8-7-18-6-1-2-11-25(18)20/h1-14H,15H2. The zero-order chi connectivity index (χ0) is 18.2. The van der Waals surface area contributed by atoms with Crippen molar-refractivity contribution in [1.29, 1.82) is 0 Å². The Morgan fingerprint density at radius 3 is 2.85 bits per heavy atom. The molecular weight excluding hydrogens is 336 g/mol. The number of fused-ring (bicyclic) bond motifs is 2. The fraction of sp³-hybridized carbons (Fsp3) is 0.0455. The van der Waals surface area contributed by atoms with Crippen molar-refractivity contribution in [3.05, 3.63) is 101 Å². The second-order valence-corrected chi connectivity index (χ2v) is 6.46. The van der Waals surface area contributed by atoms with Crippen LogP contribution < -0.4 is 5.56 Å². The predicted molar refractivity (Wildman–Crippen MR) is 106 cm³/mol. The van der Waals surface area contributed by atoms with Gasteiger partial charge in [0.25, 0.3) is 5.56 Å². The average molecular weight is 352 g/mol. The Labute approximate surface area is 155 Å². The molecule has 1 aromatic carbocycles. The second kappa shape index (κ2) is 6.21. The largest absolute Gasteiger partial charge is 0.317 e. The first kappa shape index (κ1) is 15.5. The smallest absolute Gasteiger partial charge is 0.269 e. The first-order valence-electron chi connectivity index (χ1n) is 8.74. The molecule has 0 saturated heterocycles. The lowest BCUT2D eigenvalue weighted by molar-refractivity contribution is 0.785. The van der Waals surface area contributed by atoms with Crippen molar-refractivity contribution >= 4 is 16.6 Å². The van der Waals surface area contributed by atoms with E-state index in [1.54, 1.807) is 17.0 Å². The van der Waals surface area contributed by atoms with Gasteiger partial charge in [0.05, 0.1) is 35.7 Å². The summed E-state index contributed by atoms with van der Waals surface area (Å²) in [5.74, 6) is 0. The molecule has 130 valence electrons. The van der Waals surface area contributed by atoms with Gasteiger partial charge in [-0.05, 0) is 47.5 Å². The summed E-state index contributed by atoms with van der Waals surface area (Å²) >= 11 is 0. The van der Waals surface area contributed by atoms with Crippen LogP contribution in [0.2, 0.25) is 0 Å². The Morgan fingerprint density at radius 1 is 0.926 bits per heavy atom. The van der Waals surface area contributed by atoms with E-state index in [2.05, 4.69) is 50.9 Å². The molecule has 4 aromatic heterocycles. The highest BCUT2D eigenvalue weighted by Crippen LogP contribution is 2.24. The molecule has 0 radical (unpaired) electrons. The molecule has 5 heteroatoms. The van der Waals surface area contributed by atoms with Crippen LogP contribution in [0.5, 0.6) is 0 Å². The molecular formula is C22H16N4O. The molecule has 5 rings (SSSR count). The van der Waals surface area contributed by atoms with Crippen molar-refractivity contribution in [1.82, 2.24) is 18.9 Å². The number of aromatic nitrogens is 4. The van der Waals surface area contributed by atoms with Gasteiger partial charge in [-0.3, -0.25) is 14.3 Å². The lowest BCUT2D eigenvalue weighted by Crippen LogP contribution is -2.21. The Kier molecular flexibility index (Phi) is 3.57. The summed E-state index contributed by atoms with van der Waals surface area (Å²) in [6.45, 7) is 0.473. The Balaban J connectivity index is 1.60. The maximum absolute atomic E-state index is 12.4. The summed E-state index contributed by atoms with van der Waals surface area (Å²) < 4.78 is 3.88. The van der Waals surface area contributed by atoms with Crippen LogP contribution in [-0.4, -0.2) is 18.9 Å². The van der Waals surface area contributed by atoms with Crippen molar-refractivity contribution in [2.75, 3.05) is 0 Å². The SMILES string of the molecule is O=c1cnc2ccncc2n1Cc1cccc(-c2ccc3ccccn23)c1. The summed E-state index contributed by atoms with van der Waals surface area (Å²) in [5.41, 5.74) is 5.82. The number of pyridine rings is 2. The third-order valence-electron chi connectivity index (χ3n) is 4.77. The highest BCUT2D eigenvalue weighted by molar-refractivity contribution is 5.73. The Hall–Kier alpha value is -3.73. The molecule has 0 N–H and O–H groups in total. The van der Waals surface area contributed by atoms with Crippen LogP contribution in [-0.2, 0) is 6.54 Å². The molecule has 4 heterocycles. The van der Waals surface area contributed by atoms with Crippen LogP contribution in [0.3, 0.4) is 0 Å². The predicted octanol–water partition coefficient (Wildman–Crippen LogP) is 3.76. The van der Waals surface area contributed by atoms with Crippen molar-refractivity contribution in [2.24, 2.45) is 0 Å². The van der Waals surface area contributed by atoms with E-state index in [0.717, 1.165) is 33.4 Å². The van der Waals surface area contributed by atoms with Gasteiger partial charge in [-0.1, -0.05) is 24.3 Å². The summed E-state index contributed by atoms with van der Waals surface area (Å²) in [7, 11) is 0. The van der Waals surface area contributed by atoms with E-state index < -0.39 is 0 Å². The highest BCUT2D eigenvalue weighted by atomic mass is 16.1. The third kappa shape index (κ3) is 2.69. The van der Waals surface area contributed by atoms with E-state index in [9.17, 15) is 4.79 Å². The van der Waals surface area contributed by atoms with Gasteiger partial charge in [0.1, 0.15) is 0 Å². The maximum Gasteiger partial charge on any atom is 0.269 e. The van der Waals surface area contributed by atoms with Gasteiger partial charge in [0.2, 0.25) is 0 Å². The Morgan fingerprint density at radius 2 is 1.89 bits per heavy atom. The average Bonchev–Trinajstić information content (AvgIpc) is 3.15. The van der Waals surface area contributed by atoms with Crippen molar-refractivity contribution < 1.29 is 0 Å². The van der Waals surface area contributed by atoms with Crippen molar-refractivity contribution in [3.8, 4) is 11.3 Å². The number of hydrogen-bond donors (Lipinski definition) is 0. The number of benzene rings is 1. The summed E-state index contributed by atoms with van der Waals surface area (Å²) in [5, 5.41) is 0. The van der Waals surface area contributed by atoms with E-state index >= 15 is 0 Å². The summed E-state index contributed by atoms with van der Waals surface area (Å²) in [4.78, 5) is 20.7. The minimum absolute atomic E-state index is 0.131. The zero-order valence-corrected chi connectivity index (χ0v) is 14.5. The molecule has 0 amide bonds. The minimum atomic E-state index is -0.131. The molecule has 0 atom stereocenters. The lowest BCUT2D eigenvalue weighted by atomic mass is 10.1. The molecule has 0 aliphatic heterocycles. The van der Waals surface area contributed by atoms with Crippen molar-refractivity contribution in [2.45, 2.75) is 6.54 Å². The van der Waals surface area contributed by atoms with E-state index in [1.165, 1.54) is 6.20 Å². The number of rotatable bonds is 3. The highest BCUT2D eigenvalue weighted by Gasteiger charge is 2.08. The molecule has 0 spiro atoms. The van der Waals surface area contributed by atoms with Crippen LogP contribution >= 0.6 is 0 Å². The minimum Gasteiger partial charge on any atom is -0.317 e. The molecule has 5 aromatic rings. The monoisotopic (exact) mass is 352 g/mol. The third-order valence-corrected chi connectivity index (χ3v) is 4.77. The van der Waals surface area contributed by atoms with Gasteiger partial charge in [-0.25, -0.2) is 4.98 Å². The second-order valence-electron chi connectivity index (χ2n) is 6.46. The molecule has 27 heavy (non-hydrogen) atoms. The fourth-order valence-corrected chi connectivity index (χ4v) is 3.48. The van der Waals surface area contributed by atoms with Crippen LogP contribution in [0.15, 0.2) is 90.2 Å². The number of hydrogen-bond acceptors (Lipinski definition) is 3. The lowest BCUT2D eigenvalue weighted by Gasteiger charge is -2.10. The quantitative estimate of drug-likeness (QED) is 0.497. The molecule has 0 aliphatic carbocycles. The van der Waals surface area contributed by atoms with E-state index in [4.69, 9.17) is 0 Å². The molecule has 0 bridgehead atoms. The van der Waals surface area contributed by atoms with Gasteiger partial charge >= 0.3 is 0 Å². The molecule has 0 fully saturated rings. The normalized spacial score (nSPS) is 11.3. The molecule has 0 aliphatic rings. The van der Waals surface area contributed by atoms with Gasteiger partial charge in [0.15, 0.2) is 0 Å². The topological polar surface area (TPSA) is 52.2 Å². The Bertz CT molecular complexity index is 1330. The first-order valence-corrected chi connectivity index (χ1v) is 8.74. The van der Waals surface area contributed by atoms with Crippen LogP contribution in [0.1, 0.15) is 5.56 Å². The molecule has 0 unspecified atom stereocenters. The van der Waals surface area contributed by atoms with Gasteiger partial charge in [-0.2, -0.15) is 0 Å². The van der Waals surface area contributed by atoms with Gasteiger partial charge < -0.3 is 4.40 Å². The zero-order valence-electron chi connectivity index (χ0n) is 14.5. The number of nitrogens with zero attached hydrogens (tertiary/aromatic N) is 4. The van der Waals surface area contributed by atoms with E-state index in [0.29, 0.717) is 6.54 Å². The van der Waals surface area contributed by atoms with E-state index in [1.807, 2.05) is 30.3 Å². The van der Waals surface area contributed by atoms with Crippen LogP contribution in [0, 0.1) is 0 Å². The molecule has 5 nitrogen and oxygen atoms in total.